The second-order valence-electron chi connectivity index (χ2n) is 7.76. The molecule has 140 valence electrons. The van der Waals surface area contributed by atoms with Gasteiger partial charge < -0.3 is 4.52 Å². The molecule has 4 heteroatoms. The lowest BCUT2D eigenvalue weighted by molar-refractivity contribution is 0.426. The molecule has 0 spiro atoms. The highest BCUT2D eigenvalue weighted by atomic mass is 16.5. The molecular formula is C24H23N3O. The lowest BCUT2D eigenvalue weighted by Gasteiger charge is -2.06. The topological polar surface area (TPSA) is 43.9 Å². The highest BCUT2D eigenvalue weighted by Crippen LogP contribution is 2.40. The first-order valence-electron chi connectivity index (χ1n) is 9.82. The number of aromatic nitrogens is 3. The highest BCUT2D eigenvalue weighted by molar-refractivity contribution is 5.70. The van der Waals surface area contributed by atoms with Crippen LogP contribution in [0.5, 0.6) is 0 Å². The zero-order valence-electron chi connectivity index (χ0n) is 16.2. The van der Waals surface area contributed by atoms with Crippen molar-refractivity contribution in [1.82, 2.24) is 14.9 Å². The van der Waals surface area contributed by atoms with E-state index in [1.165, 1.54) is 29.5 Å². The summed E-state index contributed by atoms with van der Waals surface area (Å²) in [7, 11) is 0. The van der Waals surface area contributed by atoms with Crippen LogP contribution in [0.15, 0.2) is 65.4 Å². The Labute approximate surface area is 164 Å². The summed E-state index contributed by atoms with van der Waals surface area (Å²) in [6.45, 7) is 4.68. The Balaban J connectivity index is 1.41. The Morgan fingerprint density at radius 2 is 1.57 bits per heavy atom. The van der Waals surface area contributed by atoms with E-state index in [-0.39, 0.29) is 0 Å². The number of hydrogen-bond donors (Lipinski definition) is 0. The van der Waals surface area contributed by atoms with E-state index >= 15 is 0 Å². The van der Waals surface area contributed by atoms with Crippen molar-refractivity contribution < 1.29 is 4.52 Å². The van der Waals surface area contributed by atoms with Crippen molar-refractivity contribution >= 4 is 0 Å². The Bertz CT molecular complexity index is 1100. The Kier molecular flexibility index (Phi) is 4.12. The van der Waals surface area contributed by atoms with Gasteiger partial charge in [-0.1, -0.05) is 53.7 Å². The molecule has 1 fully saturated rings. The fraction of sp³-hybridized carbons (Fsp3) is 0.250. The molecule has 0 amide bonds. The van der Waals surface area contributed by atoms with Gasteiger partial charge in [-0.15, -0.1) is 0 Å². The van der Waals surface area contributed by atoms with Gasteiger partial charge in [-0.25, -0.2) is 0 Å². The maximum atomic E-state index is 5.66. The molecule has 0 atom stereocenters. The molecule has 2 aromatic heterocycles. The van der Waals surface area contributed by atoms with Gasteiger partial charge in [-0.05, 0) is 54.9 Å². The van der Waals surface area contributed by atoms with Gasteiger partial charge >= 0.3 is 0 Å². The maximum absolute atomic E-state index is 5.66. The number of hydrogen-bond acceptors (Lipinski definition) is 3. The van der Waals surface area contributed by atoms with Crippen LogP contribution >= 0.6 is 0 Å². The Morgan fingerprint density at radius 1 is 0.929 bits per heavy atom. The largest absolute Gasteiger partial charge is 0.356 e. The summed E-state index contributed by atoms with van der Waals surface area (Å²) in [6.07, 6.45) is 6.58. The zero-order chi connectivity index (χ0) is 19.1. The van der Waals surface area contributed by atoms with Gasteiger partial charge in [0.1, 0.15) is 0 Å². The third kappa shape index (κ3) is 3.26. The minimum Gasteiger partial charge on any atom is -0.356 e. The molecule has 4 nitrogen and oxygen atoms in total. The number of rotatable bonds is 5. The van der Waals surface area contributed by atoms with E-state index in [2.05, 4.69) is 58.8 Å². The van der Waals surface area contributed by atoms with Crippen molar-refractivity contribution in [3.63, 3.8) is 0 Å². The molecule has 28 heavy (non-hydrogen) atoms. The van der Waals surface area contributed by atoms with E-state index in [0.717, 1.165) is 34.1 Å². The predicted octanol–water partition coefficient (Wildman–Crippen LogP) is 5.75. The van der Waals surface area contributed by atoms with Gasteiger partial charge in [0, 0.05) is 17.3 Å². The van der Waals surface area contributed by atoms with Crippen molar-refractivity contribution in [2.45, 2.75) is 39.2 Å². The van der Waals surface area contributed by atoms with Crippen molar-refractivity contribution in [2.24, 2.45) is 0 Å². The molecule has 0 radical (unpaired) electrons. The minimum absolute atomic E-state index is 0.656. The molecule has 0 unspecified atom stereocenters. The van der Waals surface area contributed by atoms with Gasteiger partial charge in [-0.2, -0.15) is 5.10 Å². The van der Waals surface area contributed by atoms with E-state index in [1.807, 2.05) is 30.9 Å². The van der Waals surface area contributed by atoms with Gasteiger partial charge in [0.15, 0.2) is 5.76 Å². The second-order valence-corrected chi connectivity index (χ2v) is 7.76. The summed E-state index contributed by atoms with van der Waals surface area (Å²) in [5.41, 5.74) is 8.10. The smallest absolute Gasteiger partial charge is 0.172 e. The maximum Gasteiger partial charge on any atom is 0.172 e. The fourth-order valence-corrected chi connectivity index (χ4v) is 3.70. The molecule has 1 saturated carbocycles. The second kappa shape index (κ2) is 6.79. The molecule has 2 aromatic carbocycles. The van der Waals surface area contributed by atoms with Gasteiger partial charge in [0.25, 0.3) is 0 Å². The molecule has 0 aliphatic heterocycles. The minimum atomic E-state index is 0.656. The molecule has 5 rings (SSSR count). The number of benzene rings is 2. The third-order valence-electron chi connectivity index (χ3n) is 5.51. The first kappa shape index (κ1) is 17.0. The van der Waals surface area contributed by atoms with Crippen LogP contribution in [-0.4, -0.2) is 14.9 Å². The number of aryl methyl sites for hydroxylation is 2. The van der Waals surface area contributed by atoms with Crippen LogP contribution in [0.3, 0.4) is 0 Å². The van der Waals surface area contributed by atoms with Crippen molar-refractivity contribution in [2.75, 3.05) is 0 Å². The molecular weight excluding hydrogens is 346 g/mol. The first-order valence-corrected chi connectivity index (χ1v) is 9.82. The van der Waals surface area contributed by atoms with Crippen LogP contribution in [0, 0.1) is 13.8 Å². The molecule has 2 heterocycles. The van der Waals surface area contributed by atoms with Crippen LogP contribution < -0.4 is 0 Å². The van der Waals surface area contributed by atoms with Crippen molar-refractivity contribution in [1.29, 1.82) is 0 Å². The van der Waals surface area contributed by atoms with Gasteiger partial charge in [0.2, 0.25) is 0 Å². The van der Waals surface area contributed by atoms with Crippen LogP contribution in [0.1, 0.15) is 41.1 Å². The molecule has 0 N–H and O–H groups in total. The quantitative estimate of drug-likeness (QED) is 0.450. The average Bonchev–Trinajstić information content (AvgIpc) is 3.40. The van der Waals surface area contributed by atoms with Crippen LogP contribution in [0.25, 0.3) is 22.5 Å². The molecule has 0 saturated heterocycles. The van der Waals surface area contributed by atoms with Crippen LogP contribution in [-0.2, 0) is 6.54 Å². The summed E-state index contributed by atoms with van der Waals surface area (Å²) >= 11 is 0. The third-order valence-corrected chi connectivity index (χ3v) is 5.51. The van der Waals surface area contributed by atoms with E-state index in [4.69, 9.17) is 4.52 Å². The monoisotopic (exact) mass is 369 g/mol. The van der Waals surface area contributed by atoms with E-state index < -0.39 is 0 Å². The Hall–Kier alpha value is -3.14. The number of nitrogens with zero attached hydrogens (tertiary/aromatic N) is 3. The summed E-state index contributed by atoms with van der Waals surface area (Å²) in [4.78, 5) is 0. The summed E-state index contributed by atoms with van der Waals surface area (Å²) in [5.74, 6) is 1.62. The fourth-order valence-electron chi connectivity index (χ4n) is 3.70. The SMILES string of the molecule is Cc1cnn(Cc2c(C)noc2-c2ccc(-c3ccc(C4CC4)cc3)cc2)c1. The standard InChI is InChI=1S/C24H23N3O/c1-16-13-25-27(14-16)15-23-17(2)26-28-24(23)22-11-9-21(10-12-22)20-7-5-19(6-8-20)18-3-4-18/h5-14,18H,3-4,15H2,1-2H3. The molecule has 4 aromatic rings. The molecule has 1 aliphatic carbocycles. The normalized spacial score (nSPS) is 13.8. The summed E-state index contributed by atoms with van der Waals surface area (Å²) in [6, 6.07) is 17.5. The van der Waals surface area contributed by atoms with Crippen LogP contribution in [0.4, 0.5) is 0 Å². The Morgan fingerprint density at radius 3 is 2.18 bits per heavy atom. The van der Waals surface area contributed by atoms with E-state index in [0.29, 0.717) is 6.54 Å². The predicted molar refractivity (Wildman–Crippen MR) is 110 cm³/mol. The molecule has 1 aliphatic rings. The van der Waals surface area contributed by atoms with Crippen molar-refractivity contribution in [3.05, 3.63) is 83.3 Å². The van der Waals surface area contributed by atoms with Gasteiger partial charge in [-0.3, -0.25) is 4.68 Å². The lowest BCUT2D eigenvalue weighted by atomic mass is 9.99. The highest BCUT2D eigenvalue weighted by Gasteiger charge is 2.23. The molecule has 0 bridgehead atoms. The first-order chi connectivity index (χ1) is 13.7. The van der Waals surface area contributed by atoms with Crippen LogP contribution in [0.2, 0.25) is 0 Å². The van der Waals surface area contributed by atoms with Gasteiger partial charge in [0.05, 0.1) is 18.4 Å². The average molecular weight is 369 g/mol. The zero-order valence-corrected chi connectivity index (χ0v) is 16.2. The summed E-state index contributed by atoms with van der Waals surface area (Å²) < 4.78 is 7.59. The summed E-state index contributed by atoms with van der Waals surface area (Å²) in [5, 5.41) is 8.58. The van der Waals surface area contributed by atoms with E-state index in [9.17, 15) is 0 Å². The van der Waals surface area contributed by atoms with E-state index in [1.54, 1.807) is 0 Å². The lowest BCUT2D eigenvalue weighted by Crippen LogP contribution is -2.01. The van der Waals surface area contributed by atoms with Crippen molar-refractivity contribution in [3.8, 4) is 22.5 Å².